The van der Waals surface area contributed by atoms with Crippen LogP contribution >= 0.6 is 0 Å². The van der Waals surface area contributed by atoms with Gasteiger partial charge in [0.15, 0.2) is 0 Å². The van der Waals surface area contributed by atoms with Gasteiger partial charge in [0.2, 0.25) is 0 Å². The third kappa shape index (κ3) is 11.0. The van der Waals surface area contributed by atoms with E-state index in [9.17, 15) is 0 Å². The SMILES string of the molecule is COC(C)(C)CC(C)NCCCCCCC(C)C. The molecule has 0 spiro atoms. The molecule has 2 nitrogen and oxygen atoms in total. The van der Waals surface area contributed by atoms with Crippen molar-refractivity contribution in [2.45, 2.75) is 84.8 Å². The average molecular weight is 257 g/mol. The average Bonchev–Trinajstić information content (AvgIpc) is 2.26. The van der Waals surface area contributed by atoms with Crippen LogP contribution in [0.3, 0.4) is 0 Å². The van der Waals surface area contributed by atoms with Crippen molar-refractivity contribution in [3.63, 3.8) is 0 Å². The summed E-state index contributed by atoms with van der Waals surface area (Å²) in [5.41, 5.74) is -0.0102. The lowest BCUT2D eigenvalue weighted by Gasteiger charge is -2.27. The minimum Gasteiger partial charge on any atom is -0.379 e. The number of methoxy groups -OCH3 is 1. The van der Waals surface area contributed by atoms with E-state index in [4.69, 9.17) is 4.74 Å². The second-order valence-electron chi connectivity index (χ2n) is 6.62. The van der Waals surface area contributed by atoms with Gasteiger partial charge < -0.3 is 10.1 Å². The fourth-order valence-electron chi connectivity index (χ4n) is 2.27. The van der Waals surface area contributed by atoms with Gasteiger partial charge in [-0.25, -0.2) is 0 Å². The Morgan fingerprint density at radius 1 is 1.00 bits per heavy atom. The van der Waals surface area contributed by atoms with Crippen molar-refractivity contribution in [2.75, 3.05) is 13.7 Å². The van der Waals surface area contributed by atoms with E-state index in [0.29, 0.717) is 6.04 Å². The number of ether oxygens (including phenoxy) is 1. The highest BCUT2D eigenvalue weighted by Gasteiger charge is 2.19. The molecule has 1 N–H and O–H groups in total. The molecule has 0 aromatic carbocycles. The summed E-state index contributed by atoms with van der Waals surface area (Å²) in [5.74, 6) is 0.861. The van der Waals surface area contributed by atoms with E-state index >= 15 is 0 Å². The first-order valence-corrected chi connectivity index (χ1v) is 7.66. The molecule has 0 aromatic rings. The first-order chi connectivity index (χ1) is 8.37. The molecule has 1 atom stereocenters. The molecule has 0 fully saturated rings. The summed E-state index contributed by atoms with van der Waals surface area (Å²) >= 11 is 0. The van der Waals surface area contributed by atoms with Crippen molar-refractivity contribution in [1.29, 1.82) is 0 Å². The first kappa shape index (κ1) is 17.9. The number of nitrogens with one attached hydrogen (secondary N) is 1. The Bertz CT molecular complexity index is 190. The fraction of sp³-hybridized carbons (Fsp3) is 1.00. The van der Waals surface area contributed by atoms with Crippen molar-refractivity contribution in [1.82, 2.24) is 5.32 Å². The molecule has 0 aliphatic rings. The van der Waals surface area contributed by atoms with Gasteiger partial charge in [-0.3, -0.25) is 0 Å². The van der Waals surface area contributed by atoms with Crippen molar-refractivity contribution >= 4 is 0 Å². The van der Waals surface area contributed by atoms with E-state index in [1.165, 1.54) is 32.1 Å². The van der Waals surface area contributed by atoms with E-state index in [1.807, 2.05) is 0 Å². The highest BCUT2D eigenvalue weighted by atomic mass is 16.5. The van der Waals surface area contributed by atoms with Crippen LogP contribution in [0.5, 0.6) is 0 Å². The Labute approximate surface area is 115 Å². The molecule has 0 heterocycles. The Hall–Kier alpha value is -0.0800. The van der Waals surface area contributed by atoms with E-state index in [1.54, 1.807) is 7.11 Å². The largest absolute Gasteiger partial charge is 0.379 e. The normalized spacial score (nSPS) is 14.2. The molecule has 1 unspecified atom stereocenters. The maximum absolute atomic E-state index is 5.45. The summed E-state index contributed by atoms with van der Waals surface area (Å²) in [4.78, 5) is 0. The zero-order chi connectivity index (χ0) is 14.0. The Morgan fingerprint density at radius 3 is 2.17 bits per heavy atom. The van der Waals surface area contributed by atoms with Crippen LogP contribution in [0.2, 0.25) is 0 Å². The van der Waals surface area contributed by atoms with E-state index < -0.39 is 0 Å². The van der Waals surface area contributed by atoms with Gasteiger partial charge in [0.1, 0.15) is 0 Å². The van der Waals surface area contributed by atoms with E-state index in [0.717, 1.165) is 18.9 Å². The van der Waals surface area contributed by atoms with Crippen LogP contribution in [-0.4, -0.2) is 25.3 Å². The summed E-state index contributed by atoms with van der Waals surface area (Å²) < 4.78 is 5.45. The molecular weight excluding hydrogens is 222 g/mol. The van der Waals surface area contributed by atoms with Crippen LogP contribution in [-0.2, 0) is 4.74 Å². The van der Waals surface area contributed by atoms with Crippen LogP contribution in [0.1, 0.15) is 73.1 Å². The van der Waals surface area contributed by atoms with Crippen LogP contribution in [0.4, 0.5) is 0 Å². The summed E-state index contributed by atoms with van der Waals surface area (Å²) in [5, 5.41) is 3.59. The van der Waals surface area contributed by atoms with Gasteiger partial charge in [-0.15, -0.1) is 0 Å². The number of unbranched alkanes of at least 4 members (excludes halogenated alkanes) is 3. The smallest absolute Gasteiger partial charge is 0.0637 e. The third-order valence-corrected chi connectivity index (χ3v) is 3.55. The summed E-state index contributed by atoms with van der Waals surface area (Å²) in [7, 11) is 1.79. The molecule has 110 valence electrons. The molecule has 0 aromatic heterocycles. The number of hydrogen-bond donors (Lipinski definition) is 1. The fourth-order valence-corrected chi connectivity index (χ4v) is 2.27. The second-order valence-corrected chi connectivity index (χ2v) is 6.62. The Morgan fingerprint density at radius 2 is 1.61 bits per heavy atom. The molecular formula is C16H35NO. The third-order valence-electron chi connectivity index (χ3n) is 3.55. The van der Waals surface area contributed by atoms with Crippen LogP contribution in [0, 0.1) is 5.92 Å². The quantitative estimate of drug-likeness (QED) is 0.554. The minimum atomic E-state index is -0.0102. The van der Waals surface area contributed by atoms with Crippen LogP contribution < -0.4 is 5.32 Å². The predicted octanol–water partition coefficient (Wildman–Crippen LogP) is 4.39. The highest BCUT2D eigenvalue weighted by molar-refractivity contribution is 4.75. The van der Waals surface area contributed by atoms with Crippen LogP contribution in [0.15, 0.2) is 0 Å². The lowest BCUT2D eigenvalue weighted by atomic mass is 9.99. The molecule has 0 aliphatic heterocycles. The first-order valence-electron chi connectivity index (χ1n) is 7.66. The topological polar surface area (TPSA) is 21.3 Å². The summed E-state index contributed by atoms with van der Waals surface area (Å²) in [6.45, 7) is 12.3. The molecule has 2 heteroatoms. The standard InChI is InChI=1S/C16H35NO/c1-14(2)11-9-7-8-10-12-17-15(3)13-16(4,5)18-6/h14-15,17H,7-13H2,1-6H3. The molecule has 0 bridgehead atoms. The lowest BCUT2D eigenvalue weighted by molar-refractivity contribution is 0.00859. The predicted molar refractivity (Wildman–Crippen MR) is 81.1 cm³/mol. The van der Waals surface area contributed by atoms with Gasteiger partial charge in [0.25, 0.3) is 0 Å². The van der Waals surface area contributed by atoms with Gasteiger partial charge in [0, 0.05) is 13.2 Å². The van der Waals surface area contributed by atoms with Crippen molar-refractivity contribution < 1.29 is 4.74 Å². The zero-order valence-electron chi connectivity index (χ0n) is 13.5. The van der Waals surface area contributed by atoms with Gasteiger partial charge >= 0.3 is 0 Å². The molecule has 0 amide bonds. The van der Waals surface area contributed by atoms with Crippen molar-refractivity contribution in [3.8, 4) is 0 Å². The van der Waals surface area contributed by atoms with Gasteiger partial charge in [0.05, 0.1) is 5.60 Å². The molecule has 0 saturated carbocycles. The monoisotopic (exact) mass is 257 g/mol. The maximum atomic E-state index is 5.45. The van der Waals surface area contributed by atoms with Crippen LogP contribution in [0.25, 0.3) is 0 Å². The lowest BCUT2D eigenvalue weighted by Crippen LogP contribution is -2.36. The molecule has 0 saturated heterocycles. The van der Waals surface area contributed by atoms with Gasteiger partial charge in [-0.05, 0) is 46.1 Å². The Balaban J connectivity index is 3.38. The highest BCUT2D eigenvalue weighted by Crippen LogP contribution is 2.15. The zero-order valence-corrected chi connectivity index (χ0v) is 13.5. The number of hydrogen-bond acceptors (Lipinski definition) is 2. The Kier molecular flexibility index (Phi) is 9.76. The van der Waals surface area contributed by atoms with E-state index in [-0.39, 0.29) is 5.60 Å². The number of rotatable bonds is 11. The summed E-state index contributed by atoms with van der Waals surface area (Å²) in [6, 6.07) is 0.538. The van der Waals surface area contributed by atoms with Gasteiger partial charge in [-0.1, -0.05) is 39.5 Å². The molecule has 18 heavy (non-hydrogen) atoms. The second kappa shape index (κ2) is 9.80. The molecule has 0 aliphatic carbocycles. The van der Waals surface area contributed by atoms with Crippen molar-refractivity contribution in [2.24, 2.45) is 5.92 Å². The molecule has 0 rings (SSSR count). The maximum Gasteiger partial charge on any atom is 0.0637 e. The molecule has 0 radical (unpaired) electrons. The minimum absolute atomic E-state index is 0.0102. The van der Waals surface area contributed by atoms with E-state index in [2.05, 4.69) is 39.9 Å². The van der Waals surface area contributed by atoms with Gasteiger partial charge in [-0.2, -0.15) is 0 Å². The van der Waals surface area contributed by atoms with Crippen molar-refractivity contribution in [3.05, 3.63) is 0 Å². The summed E-state index contributed by atoms with van der Waals surface area (Å²) in [6.07, 6.45) is 7.89.